The molecule has 3 heteroatoms. The molecule has 0 heterocycles. The van der Waals surface area contributed by atoms with E-state index in [1.54, 1.807) is 0 Å². The molecule has 2 nitrogen and oxygen atoms in total. The van der Waals surface area contributed by atoms with Crippen molar-refractivity contribution in [1.82, 2.24) is 5.32 Å². The average molecular weight is 219 g/mol. The Bertz CT molecular complexity index is 152. The molecule has 0 aromatic heterocycles. The Morgan fingerprint density at radius 3 is 2.14 bits per heavy atom. The maximum Gasteiger partial charge on any atom is 0.0599 e. The molecular formula is C11H25NOS. The van der Waals surface area contributed by atoms with Crippen LogP contribution < -0.4 is 5.32 Å². The second-order valence-corrected chi connectivity index (χ2v) is 6.61. The molecule has 0 unspecified atom stereocenters. The van der Waals surface area contributed by atoms with Crippen LogP contribution in [0.25, 0.3) is 0 Å². The standard InChI is InChI=1S/C11H25NOS/c1-10(2,3)13-8-7-12-9-11(4,5)14-6/h12H,7-9H2,1-6H3. The normalized spacial score (nSPS) is 13.3. The minimum Gasteiger partial charge on any atom is -0.375 e. The molecule has 1 N–H and O–H groups in total. The van der Waals surface area contributed by atoms with Gasteiger partial charge in [-0.25, -0.2) is 0 Å². The van der Waals surface area contributed by atoms with E-state index in [4.69, 9.17) is 4.74 Å². The SMILES string of the molecule is CSC(C)(C)CNCCOC(C)(C)C. The third-order valence-corrected chi connectivity index (χ3v) is 3.17. The molecule has 0 atom stereocenters. The number of hydrogen-bond acceptors (Lipinski definition) is 3. The molecule has 0 aromatic carbocycles. The van der Waals surface area contributed by atoms with Crippen molar-refractivity contribution in [3.8, 4) is 0 Å². The summed E-state index contributed by atoms with van der Waals surface area (Å²) in [5.41, 5.74) is -0.0172. The van der Waals surface area contributed by atoms with E-state index >= 15 is 0 Å². The fourth-order valence-corrected chi connectivity index (χ4v) is 1.14. The lowest BCUT2D eigenvalue weighted by molar-refractivity contribution is -0.000829. The van der Waals surface area contributed by atoms with Gasteiger partial charge in [0.05, 0.1) is 12.2 Å². The molecule has 0 aliphatic heterocycles. The molecule has 0 saturated carbocycles. The molecule has 14 heavy (non-hydrogen) atoms. The van der Waals surface area contributed by atoms with Crippen LogP contribution in [0.2, 0.25) is 0 Å². The highest BCUT2D eigenvalue weighted by molar-refractivity contribution is 7.99. The van der Waals surface area contributed by atoms with Crippen molar-refractivity contribution in [2.45, 2.75) is 45.0 Å². The smallest absolute Gasteiger partial charge is 0.0599 e. The van der Waals surface area contributed by atoms with Crippen molar-refractivity contribution in [3.05, 3.63) is 0 Å². The molecule has 0 radical (unpaired) electrons. The number of hydrogen-bond donors (Lipinski definition) is 1. The summed E-state index contributed by atoms with van der Waals surface area (Å²) in [6.07, 6.45) is 2.15. The third kappa shape index (κ3) is 8.85. The van der Waals surface area contributed by atoms with Crippen molar-refractivity contribution in [2.24, 2.45) is 0 Å². The van der Waals surface area contributed by atoms with Crippen LogP contribution in [0.3, 0.4) is 0 Å². The lowest BCUT2D eigenvalue weighted by Gasteiger charge is -2.23. The van der Waals surface area contributed by atoms with E-state index in [2.05, 4.69) is 46.2 Å². The summed E-state index contributed by atoms with van der Waals surface area (Å²) in [4.78, 5) is 0. The average Bonchev–Trinajstić information content (AvgIpc) is 2.01. The van der Waals surface area contributed by atoms with Crippen LogP contribution in [0.5, 0.6) is 0 Å². The fourth-order valence-electron chi connectivity index (χ4n) is 0.891. The fraction of sp³-hybridized carbons (Fsp3) is 1.00. The first-order valence-corrected chi connectivity index (χ1v) is 6.39. The van der Waals surface area contributed by atoms with Crippen molar-refractivity contribution >= 4 is 11.8 Å². The van der Waals surface area contributed by atoms with E-state index in [0.29, 0.717) is 4.75 Å². The zero-order valence-electron chi connectivity index (χ0n) is 10.4. The number of ether oxygens (including phenoxy) is 1. The van der Waals surface area contributed by atoms with Gasteiger partial charge in [-0.2, -0.15) is 11.8 Å². The summed E-state index contributed by atoms with van der Waals surface area (Å²) in [7, 11) is 0. The number of nitrogens with one attached hydrogen (secondary N) is 1. The first kappa shape index (κ1) is 14.3. The van der Waals surface area contributed by atoms with Crippen LogP contribution in [-0.4, -0.2) is 36.3 Å². The third-order valence-electron chi connectivity index (χ3n) is 1.92. The summed E-state index contributed by atoms with van der Waals surface area (Å²) >= 11 is 1.89. The monoisotopic (exact) mass is 219 g/mol. The van der Waals surface area contributed by atoms with Crippen LogP contribution in [-0.2, 0) is 4.74 Å². The molecule has 0 fully saturated rings. The van der Waals surface area contributed by atoms with Crippen LogP contribution in [0.15, 0.2) is 0 Å². The van der Waals surface area contributed by atoms with Crippen LogP contribution in [0, 0.1) is 0 Å². The van der Waals surface area contributed by atoms with E-state index < -0.39 is 0 Å². The number of rotatable bonds is 6. The predicted molar refractivity (Wildman–Crippen MR) is 66.2 cm³/mol. The molecular weight excluding hydrogens is 194 g/mol. The summed E-state index contributed by atoms with van der Waals surface area (Å²) in [5, 5.41) is 3.40. The van der Waals surface area contributed by atoms with Crippen molar-refractivity contribution in [3.63, 3.8) is 0 Å². The van der Waals surface area contributed by atoms with Crippen molar-refractivity contribution in [2.75, 3.05) is 26.0 Å². The maximum atomic E-state index is 5.61. The largest absolute Gasteiger partial charge is 0.375 e. The van der Waals surface area contributed by atoms with Crippen LogP contribution in [0.4, 0.5) is 0 Å². The molecule has 0 aliphatic carbocycles. The van der Waals surface area contributed by atoms with E-state index in [0.717, 1.165) is 19.7 Å². The quantitative estimate of drug-likeness (QED) is 0.694. The number of thioether (sulfide) groups is 1. The van der Waals surface area contributed by atoms with Gasteiger partial charge >= 0.3 is 0 Å². The topological polar surface area (TPSA) is 21.3 Å². The van der Waals surface area contributed by atoms with Gasteiger partial charge in [0.25, 0.3) is 0 Å². The summed E-state index contributed by atoms with van der Waals surface area (Å²) in [6.45, 7) is 13.5. The lowest BCUT2D eigenvalue weighted by atomic mass is 10.2. The summed E-state index contributed by atoms with van der Waals surface area (Å²) in [6, 6.07) is 0. The Kier molecular flexibility index (Phi) is 6.10. The Hall–Kier alpha value is 0.270. The summed E-state index contributed by atoms with van der Waals surface area (Å²) < 4.78 is 5.93. The second-order valence-electron chi connectivity index (χ2n) is 5.10. The van der Waals surface area contributed by atoms with Gasteiger partial charge in [-0.3, -0.25) is 0 Å². The molecule has 86 valence electrons. The molecule has 0 saturated heterocycles. The zero-order chi connectivity index (χ0) is 11.2. The van der Waals surface area contributed by atoms with Gasteiger partial charge in [-0.05, 0) is 40.9 Å². The van der Waals surface area contributed by atoms with Gasteiger partial charge in [0, 0.05) is 17.8 Å². The first-order valence-electron chi connectivity index (χ1n) is 5.17. The summed E-state index contributed by atoms with van der Waals surface area (Å²) in [5.74, 6) is 0. The molecule has 0 rings (SSSR count). The second kappa shape index (κ2) is 5.99. The Balaban J connectivity index is 3.39. The molecule has 0 spiro atoms. The molecule has 0 bridgehead atoms. The lowest BCUT2D eigenvalue weighted by Crippen LogP contribution is -2.35. The van der Waals surface area contributed by atoms with E-state index in [1.807, 2.05) is 11.8 Å². The van der Waals surface area contributed by atoms with Gasteiger partial charge in [-0.15, -0.1) is 0 Å². The minimum atomic E-state index is -0.0172. The maximum absolute atomic E-state index is 5.61. The van der Waals surface area contributed by atoms with Crippen molar-refractivity contribution in [1.29, 1.82) is 0 Å². The molecule has 0 aromatic rings. The Labute approximate surface area is 93.2 Å². The van der Waals surface area contributed by atoms with E-state index in [9.17, 15) is 0 Å². The van der Waals surface area contributed by atoms with Gasteiger partial charge in [0.15, 0.2) is 0 Å². The van der Waals surface area contributed by atoms with Crippen molar-refractivity contribution < 1.29 is 4.74 Å². The minimum absolute atomic E-state index is 0.0172. The Morgan fingerprint density at radius 1 is 1.14 bits per heavy atom. The van der Waals surface area contributed by atoms with Gasteiger partial charge < -0.3 is 10.1 Å². The van der Waals surface area contributed by atoms with Gasteiger partial charge in [-0.1, -0.05) is 0 Å². The van der Waals surface area contributed by atoms with E-state index in [1.165, 1.54) is 0 Å². The highest BCUT2D eigenvalue weighted by Crippen LogP contribution is 2.19. The van der Waals surface area contributed by atoms with Crippen LogP contribution in [0.1, 0.15) is 34.6 Å². The highest BCUT2D eigenvalue weighted by atomic mass is 32.2. The van der Waals surface area contributed by atoms with Gasteiger partial charge in [0.1, 0.15) is 0 Å². The zero-order valence-corrected chi connectivity index (χ0v) is 11.3. The molecule has 0 aliphatic rings. The predicted octanol–water partition coefficient (Wildman–Crippen LogP) is 2.53. The van der Waals surface area contributed by atoms with Gasteiger partial charge in [0.2, 0.25) is 0 Å². The highest BCUT2D eigenvalue weighted by Gasteiger charge is 2.15. The molecule has 0 amide bonds. The first-order chi connectivity index (χ1) is 6.27. The van der Waals surface area contributed by atoms with E-state index in [-0.39, 0.29) is 5.60 Å². The Morgan fingerprint density at radius 2 is 1.71 bits per heavy atom. The van der Waals surface area contributed by atoms with Crippen LogP contribution >= 0.6 is 11.8 Å².